The fourth-order valence-corrected chi connectivity index (χ4v) is 6.03. The highest BCUT2D eigenvalue weighted by molar-refractivity contribution is 9.10. The number of ether oxygens (including phenoxy) is 2. The Labute approximate surface area is 178 Å². The molecule has 0 bridgehead atoms. The van der Waals surface area contributed by atoms with Crippen LogP contribution in [0.3, 0.4) is 0 Å². The topological polar surface area (TPSA) is 52.4 Å². The molecule has 3 aliphatic rings. The lowest BCUT2D eigenvalue weighted by Crippen LogP contribution is -2.37. The van der Waals surface area contributed by atoms with E-state index < -0.39 is 5.79 Å². The molecule has 0 unspecified atom stereocenters. The number of nitrogens with zero attached hydrogens (tertiary/aromatic N) is 4. The third-order valence-electron chi connectivity index (χ3n) is 6.70. The smallest absolute Gasteiger partial charge is 0.224 e. The number of likely N-dealkylation sites (tertiary alicyclic amines) is 1. The minimum Gasteiger partial charge on any atom is -0.344 e. The van der Waals surface area contributed by atoms with Gasteiger partial charge in [0.1, 0.15) is 11.8 Å². The molecule has 0 aromatic carbocycles. The van der Waals surface area contributed by atoms with Gasteiger partial charge in [-0.3, -0.25) is 0 Å². The van der Waals surface area contributed by atoms with Crippen LogP contribution in [0.25, 0.3) is 11.0 Å². The van der Waals surface area contributed by atoms with Crippen molar-refractivity contribution in [2.24, 2.45) is 11.8 Å². The summed E-state index contributed by atoms with van der Waals surface area (Å²) < 4.78 is 16.1. The van der Waals surface area contributed by atoms with E-state index in [-0.39, 0.29) is 23.5 Å². The summed E-state index contributed by atoms with van der Waals surface area (Å²) in [5, 5.41) is 1.24. The van der Waals surface area contributed by atoms with E-state index in [1.165, 1.54) is 12.8 Å². The SMILES string of the molecule is CN1CCC([C@H]2C[C@@H](n3cc(Br)c4cnc(Cl)nc43)[C@@H]3OC(C)(C)O[C@@H]32)CC1. The van der Waals surface area contributed by atoms with Crippen molar-refractivity contribution in [3.8, 4) is 0 Å². The lowest BCUT2D eigenvalue weighted by atomic mass is 9.82. The van der Waals surface area contributed by atoms with Gasteiger partial charge in [0.05, 0.1) is 17.5 Å². The van der Waals surface area contributed by atoms with Gasteiger partial charge in [0, 0.05) is 16.9 Å². The van der Waals surface area contributed by atoms with Crippen molar-refractivity contribution in [3.63, 3.8) is 0 Å². The summed E-state index contributed by atoms with van der Waals surface area (Å²) in [5.74, 6) is 0.624. The van der Waals surface area contributed by atoms with Gasteiger partial charge in [-0.15, -0.1) is 0 Å². The highest BCUT2D eigenvalue weighted by atomic mass is 79.9. The number of hydrogen-bond acceptors (Lipinski definition) is 5. The number of rotatable bonds is 2. The second-order valence-corrected chi connectivity index (χ2v) is 10.1. The van der Waals surface area contributed by atoms with Crippen LogP contribution in [0, 0.1) is 11.8 Å². The molecule has 0 spiro atoms. The molecule has 1 saturated carbocycles. The summed E-state index contributed by atoms with van der Waals surface area (Å²) in [5.41, 5.74) is 0.855. The predicted octanol–water partition coefficient (Wildman–Crippen LogP) is 4.27. The Balaban J connectivity index is 1.52. The number of halogens is 2. The molecule has 4 atom stereocenters. The number of aromatic nitrogens is 3. The molecule has 4 heterocycles. The summed E-state index contributed by atoms with van der Waals surface area (Å²) in [6.45, 7) is 6.37. The Hall–Kier alpha value is -0.730. The molecule has 8 heteroatoms. The van der Waals surface area contributed by atoms with Gasteiger partial charge in [-0.25, -0.2) is 4.98 Å². The molecule has 152 valence electrons. The summed E-state index contributed by atoms with van der Waals surface area (Å²) in [6, 6.07) is 0.177. The molecular weight excluding hydrogens is 444 g/mol. The standard InChI is InChI=1S/C20H26BrClN4O2/c1-20(2)27-16-12(11-4-6-25(3)7-5-11)8-15(17(16)28-20)26-10-14(21)13-9-23-19(22)24-18(13)26/h9-12,15-17H,4-8H2,1-3H3/t12-,15-,16-,17+/m1/s1. The third-order valence-corrected chi connectivity index (χ3v) is 7.51. The molecule has 0 amide bonds. The van der Waals surface area contributed by atoms with E-state index in [2.05, 4.69) is 48.6 Å². The van der Waals surface area contributed by atoms with Crippen LogP contribution in [0.2, 0.25) is 5.28 Å². The molecule has 1 aliphatic carbocycles. The van der Waals surface area contributed by atoms with Crippen LogP contribution < -0.4 is 0 Å². The molecule has 5 rings (SSSR count). The number of fused-ring (bicyclic) bond motifs is 2. The van der Waals surface area contributed by atoms with E-state index in [1.807, 2.05) is 13.8 Å². The first-order chi connectivity index (χ1) is 13.3. The number of piperidine rings is 1. The van der Waals surface area contributed by atoms with E-state index in [1.54, 1.807) is 6.20 Å². The summed E-state index contributed by atoms with van der Waals surface area (Å²) in [4.78, 5) is 11.1. The quantitative estimate of drug-likeness (QED) is 0.615. The van der Waals surface area contributed by atoms with Crippen molar-refractivity contribution in [1.29, 1.82) is 0 Å². The van der Waals surface area contributed by atoms with E-state index >= 15 is 0 Å². The van der Waals surface area contributed by atoms with E-state index in [4.69, 9.17) is 21.1 Å². The van der Waals surface area contributed by atoms with Crippen molar-refractivity contribution in [3.05, 3.63) is 22.1 Å². The van der Waals surface area contributed by atoms with Gasteiger partial charge in [-0.05, 0) is 92.6 Å². The van der Waals surface area contributed by atoms with Crippen LogP contribution >= 0.6 is 27.5 Å². The zero-order chi connectivity index (χ0) is 19.6. The summed E-state index contributed by atoms with van der Waals surface area (Å²) >= 11 is 9.78. The first-order valence-corrected chi connectivity index (χ1v) is 11.2. The molecule has 3 fully saturated rings. The molecule has 28 heavy (non-hydrogen) atoms. The number of hydrogen-bond donors (Lipinski definition) is 0. The maximum Gasteiger partial charge on any atom is 0.224 e. The molecule has 2 aromatic rings. The molecule has 2 aliphatic heterocycles. The van der Waals surface area contributed by atoms with Crippen molar-refractivity contribution in [2.45, 2.75) is 57.1 Å². The Morgan fingerprint density at radius 3 is 2.68 bits per heavy atom. The van der Waals surface area contributed by atoms with Crippen LogP contribution in [0.15, 0.2) is 16.9 Å². The zero-order valence-corrected chi connectivity index (χ0v) is 18.8. The monoisotopic (exact) mass is 468 g/mol. The minimum atomic E-state index is -0.551. The van der Waals surface area contributed by atoms with Crippen molar-refractivity contribution in [1.82, 2.24) is 19.4 Å². The van der Waals surface area contributed by atoms with Gasteiger partial charge in [0.25, 0.3) is 0 Å². The van der Waals surface area contributed by atoms with Crippen LogP contribution in [0.4, 0.5) is 0 Å². The fourth-order valence-electron chi connectivity index (χ4n) is 5.41. The minimum absolute atomic E-state index is 0.0240. The predicted molar refractivity (Wildman–Crippen MR) is 111 cm³/mol. The molecule has 0 radical (unpaired) electrons. The Morgan fingerprint density at radius 1 is 1.21 bits per heavy atom. The van der Waals surface area contributed by atoms with Gasteiger partial charge in [-0.1, -0.05) is 0 Å². The second kappa shape index (κ2) is 6.91. The van der Waals surface area contributed by atoms with Crippen molar-refractivity contribution in [2.75, 3.05) is 20.1 Å². The largest absolute Gasteiger partial charge is 0.344 e. The summed E-state index contributed by atoms with van der Waals surface area (Å²) in [6.07, 6.45) is 7.52. The van der Waals surface area contributed by atoms with Crippen molar-refractivity contribution < 1.29 is 9.47 Å². The van der Waals surface area contributed by atoms with Crippen LogP contribution in [-0.2, 0) is 9.47 Å². The lowest BCUT2D eigenvalue weighted by molar-refractivity contribution is -0.163. The van der Waals surface area contributed by atoms with E-state index in [0.717, 1.165) is 35.0 Å². The highest BCUT2D eigenvalue weighted by Gasteiger charge is 2.56. The van der Waals surface area contributed by atoms with Gasteiger partial charge in [0.15, 0.2) is 5.79 Å². The maximum absolute atomic E-state index is 6.44. The molecule has 2 saturated heterocycles. The summed E-state index contributed by atoms with van der Waals surface area (Å²) in [7, 11) is 2.21. The average molecular weight is 470 g/mol. The Morgan fingerprint density at radius 2 is 1.93 bits per heavy atom. The van der Waals surface area contributed by atoms with Crippen LogP contribution in [-0.4, -0.2) is 57.6 Å². The highest BCUT2D eigenvalue weighted by Crippen LogP contribution is 2.51. The maximum atomic E-state index is 6.44. The lowest BCUT2D eigenvalue weighted by Gasteiger charge is -2.35. The second-order valence-electron chi connectivity index (χ2n) is 8.93. The van der Waals surface area contributed by atoms with E-state index in [0.29, 0.717) is 11.8 Å². The van der Waals surface area contributed by atoms with Gasteiger partial charge in [-0.2, -0.15) is 4.98 Å². The average Bonchev–Trinajstić information content (AvgIpc) is 3.24. The van der Waals surface area contributed by atoms with Crippen LogP contribution in [0.5, 0.6) is 0 Å². The molecule has 6 nitrogen and oxygen atoms in total. The third kappa shape index (κ3) is 3.19. The van der Waals surface area contributed by atoms with E-state index in [9.17, 15) is 0 Å². The fraction of sp³-hybridized carbons (Fsp3) is 0.700. The van der Waals surface area contributed by atoms with Crippen molar-refractivity contribution >= 4 is 38.6 Å². The normalized spacial score (nSPS) is 33.6. The molecular formula is C20H26BrClN4O2. The Kier molecular flexibility index (Phi) is 4.75. The Bertz CT molecular complexity index is 896. The van der Waals surface area contributed by atoms with Gasteiger partial charge in [0.2, 0.25) is 5.28 Å². The van der Waals surface area contributed by atoms with Crippen LogP contribution in [0.1, 0.15) is 39.2 Å². The molecule has 2 aromatic heterocycles. The van der Waals surface area contributed by atoms with Gasteiger partial charge < -0.3 is 18.9 Å². The first kappa shape index (κ1) is 19.2. The molecule has 0 N–H and O–H groups in total. The van der Waals surface area contributed by atoms with Gasteiger partial charge >= 0.3 is 0 Å². The zero-order valence-electron chi connectivity index (χ0n) is 16.4. The first-order valence-electron chi connectivity index (χ1n) is 10.0.